The molecule has 0 heterocycles. The Morgan fingerprint density at radius 2 is 1.21 bits per heavy atom. The summed E-state index contributed by atoms with van der Waals surface area (Å²) in [6.45, 7) is 2.10. The highest BCUT2D eigenvalue weighted by Crippen LogP contribution is 2.34. The first kappa shape index (κ1) is 15.7. The molecule has 3 rings (SSSR count). The van der Waals surface area contributed by atoms with Crippen molar-refractivity contribution in [3.8, 4) is 33.8 Å². The van der Waals surface area contributed by atoms with Gasteiger partial charge in [-0.2, -0.15) is 0 Å². The van der Waals surface area contributed by atoms with E-state index in [1.807, 2.05) is 18.2 Å². The number of hydrogen-bond acceptors (Lipinski definition) is 4. The van der Waals surface area contributed by atoms with Crippen LogP contribution in [-0.2, 0) is 6.42 Å². The van der Waals surface area contributed by atoms with E-state index in [0.717, 1.165) is 28.7 Å². The Bertz CT molecular complexity index is 904. The normalized spacial score (nSPS) is 10.7. The van der Waals surface area contributed by atoms with E-state index < -0.39 is 0 Å². The van der Waals surface area contributed by atoms with Gasteiger partial charge in [0.1, 0.15) is 11.5 Å². The van der Waals surface area contributed by atoms with E-state index in [4.69, 9.17) is 11.5 Å². The number of aryl methyl sites for hydroxylation is 1. The Morgan fingerprint density at radius 1 is 0.708 bits per heavy atom. The molecule has 0 amide bonds. The Labute approximate surface area is 141 Å². The lowest BCUT2D eigenvalue weighted by Gasteiger charge is -2.13. The minimum absolute atomic E-state index is 0.0791. The minimum Gasteiger partial charge on any atom is -0.506 e. The van der Waals surface area contributed by atoms with Gasteiger partial charge in [0.05, 0.1) is 11.4 Å². The molecule has 24 heavy (non-hydrogen) atoms. The molecule has 0 spiro atoms. The average molecular weight is 320 g/mol. The van der Waals surface area contributed by atoms with Crippen LogP contribution >= 0.6 is 0 Å². The van der Waals surface area contributed by atoms with Gasteiger partial charge in [0.2, 0.25) is 0 Å². The van der Waals surface area contributed by atoms with Crippen LogP contribution in [0.1, 0.15) is 12.5 Å². The van der Waals surface area contributed by atoms with Crippen LogP contribution in [0.2, 0.25) is 0 Å². The highest BCUT2D eigenvalue weighted by atomic mass is 16.3. The van der Waals surface area contributed by atoms with Crippen LogP contribution in [-0.4, -0.2) is 10.2 Å². The number of phenolic OH excluding ortho intramolecular Hbond substituents is 2. The van der Waals surface area contributed by atoms with Crippen molar-refractivity contribution in [2.75, 3.05) is 11.5 Å². The number of benzene rings is 3. The smallest absolute Gasteiger partial charge is 0.138 e. The molecule has 4 heteroatoms. The molecule has 0 saturated carbocycles. The summed E-state index contributed by atoms with van der Waals surface area (Å²) in [4.78, 5) is 0. The highest BCUT2D eigenvalue weighted by Gasteiger charge is 2.09. The number of anilines is 2. The SMILES string of the molecule is CCc1ccc(-c2ccc(O)c(N)c2)cc1-c1ccc(O)c(N)c1. The molecule has 0 saturated heterocycles. The zero-order valence-corrected chi connectivity index (χ0v) is 13.5. The average Bonchev–Trinajstić information content (AvgIpc) is 2.59. The highest BCUT2D eigenvalue weighted by molar-refractivity contribution is 5.79. The fourth-order valence-electron chi connectivity index (χ4n) is 2.79. The summed E-state index contributed by atoms with van der Waals surface area (Å²) in [5, 5.41) is 19.2. The number of rotatable bonds is 3. The molecule has 0 aliphatic heterocycles. The predicted molar refractivity (Wildman–Crippen MR) is 98.8 cm³/mol. The van der Waals surface area contributed by atoms with E-state index in [1.165, 1.54) is 5.56 Å². The van der Waals surface area contributed by atoms with Crippen molar-refractivity contribution in [3.05, 3.63) is 60.2 Å². The maximum atomic E-state index is 9.64. The van der Waals surface area contributed by atoms with E-state index in [9.17, 15) is 10.2 Å². The van der Waals surface area contributed by atoms with Crippen molar-refractivity contribution in [1.82, 2.24) is 0 Å². The van der Waals surface area contributed by atoms with Gasteiger partial charge in [0.15, 0.2) is 0 Å². The largest absolute Gasteiger partial charge is 0.506 e. The van der Waals surface area contributed by atoms with Crippen molar-refractivity contribution >= 4 is 11.4 Å². The maximum Gasteiger partial charge on any atom is 0.138 e. The minimum atomic E-state index is 0.0791. The van der Waals surface area contributed by atoms with E-state index in [0.29, 0.717) is 11.4 Å². The molecule has 0 fully saturated rings. The van der Waals surface area contributed by atoms with Gasteiger partial charge < -0.3 is 21.7 Å². The van der Waals surface area contributed by atoms with E-state index in [1.54, 1.807) is 24.3 Å². The summed E-state index contributed by atoms with van der Waals surface area (Å²) in [6, 6.07) is 16.6. The summed E-state index contributed by atoms with van der Waals surface area (Å²) in [5.41, 5.74) is 17.5. The molecule has 0 aliphatic rings. The van der Waals surface area contributed by atoms with E-state index >= 15 is 0 Å². The molecule has 0 aromatic heterocycles. The van der Waals surface area contributed by atoms with Crippen molar-refractivity contribution < 1.29 is 10.2 Å². The topological polar surface area (TPSA) is 92.5 Å². The molecule has 0 radical (unpaired) electrons. The molecule has 3 aromatic rings. The van der Waals surface area contributed by atoms with Gasteiger partial charge >= 0.3 is 0 Å². The van der Waals surface area contributed by atoms with Gasteiger partial charge in [0, 0.05) is 0 Å². The van der Waals surface area contributed by atoms with Gasteiger partial charge in [-0.25, -0.2) is 0 Å². The molecular formula is C20H20N2O2. The Kier molecular flexibility index (Phi) is 4.04. The zero-order valence-electron chi connectivity index (χ0n) is 13.5. The quantitative estimate of drug-likeness (QED) is 0.431. The van der Waals surface area contributed by atoms with Crippen molar-refractivity contribution in [3.63, 3.8) is 0 Å². The lowest BCUT2D eigenvalue weighted by atomic mass is 9.93. The van der Waals surface area contributed by atoms with Crippen LogP contribution in [0.25, 0.3) is 22.3 Å². The molecular weight excluding hydrogens is 300 g/mol. The maximum absolute atomic E-state index is 9.64. The molecule has 0 atom stereocenters. The van der Waals surface area contributed by atoms with Crippen LogP contribution < -0.4 is 11.5 Å². The van der Waals surface area contributed by atoms with Crippen molar-refractivity contribution in [1.29, 1.82) is 0 Å². The number of nitrogens with two attached hydrogens (primary N) is 2. The third kappa shape index (κ3) is 2.86. The predicted octanol–water partition coefficient (Wildman–Crippen LogP) is 4.16. The first-order chi connectivity index (χ1) is 11.5. The summed E-state index contributed by atoms with van der Waals surface area (Å²) < 4.78 is 0. The molecule has 6 N–H and O–H groups in total. The summed E-state index contributed by atoms with van der Waals surface area (Å²) >= 11 is 0. The van der Waals surface area contributed by atoms with Crippen molar-refractivity contribution in [2.24, 2.45) is 0 Å². The van der Waals surface area contributed by atoms with Crippen LogP contribution in [0.5, 0.6) is 11.5 Å². The lowest BCUT2D eigenvalue weighted by Crippen LogP contribution is -1.92. The summed E-state index contributed by atoms with van der Waals surface area (Å²) in [6.07, 6.45) is 0.883. The number of hydrogen-bond donors (Lipinski definition) is 4. The first-order valence-corrected chi connectivity index (χ1v) is 7.80. The van der Waals surface area contributed by atoms with Gasteiger partial charge in [-0.1, -0.05) is 31.2 Å². The Hall–Kier alpha value is -3.14. The monoisotopic (exact) mass is 320 g/mol. The third-order valence-corrected chi connectivity index (χ3v) is 4.19. The number of phenols is 2. The van der Waals surface area contributed by atoms with Crippen LogP contribution in [0.3, 0.4) is 0 Å². The Morgan fingerprint density at radius 3 is 1.79 bits per heavy atom. The second-order valence-corrected chi connectivity index (χ2v) is 5.77. The standard InChI is InChI=1S/C20H20N2O2/c1-2-12-3-4-13(14-5-7-19(23)17(21)10-14)9-16(12)15-6-8-20(24)18(22)11-15/h3-11,23-24H,2,21-22H2,1H3. The second kappa shape index (κ2) is 6.16. The fraction of sp³-hybridized carbons (Fsp3) is 0.100. The molecule has 0 bridgehead atoms. The molecule has 0 unspecified atom stereocenters. The molecule has 0 aliphatic carbocycles. The first-order valence-electron chi connectivity index (χ1n) is 7.80. The summed E-state index contributed by atoms with van der Waals surface area (Å²) in [5.74, 6) is 0.162. The van der Waals surface area contributed by atoms with Gasteiger partial charge in [-0.05, 0) is 64.6 Å². The van der Waals surface area contributed by atoms with Crippen LogP contribution in [0.4, 0.5) is 11.4 Å². The van der Waals surface area contributed by atoms with Crippen LogP contribution in [0, 0.1) is 0 Å². The van der Waals surface area contributed by atoms with Crippen molar-refractivity contribution in [2.45, 2.75) is 13.3 Å². The van der Waals surface area contributed by atoms with E-state index in [-0.39, 0.29) is 11.5 Å². The Balaban J connectivity index is 2.14. The van der Waals surface area contributed by atoms with Gasteiger partial charge in [0.25, 0.3) is 0 Å². The van der Waals surface area contributed by atoms with Gasteiger partial charge in [-0.3, -0.25) is 0 Å². The van der Waals surface area contributed by atoms with Crippen LogP contribution in [0.15, 0.2) is 54.6 Å². The molecule has 122 valence electrons. The fourth-order valence-corrected chi connectivity index (χ4v) is 2.79. The van der Waals surface area contributed by atoms with E-state index in [2.05, 4.69) is 19.1 Å². The number of nitrogen functional groups attached to an aromatic ring is 2. The lowest BCUT2D eigenvalue weighted by molar-refractivity contribution is 0.477. The number of aromatic hydroxyl groups is 2. The second-order valence-electron chi connectivity index (χ2n) is 5.77. The molecule has 4 nitrogen and oxygen atoms in total. The zero-order chi connectivity index (χ0) is 17.3. The molecule has 3 aromatic carbocycles. The third-order valence-electron chi connectivity index (χ3n) is 4.19. The summed E-state index contributed by atoms with van der Waals surface area (Å²) in [7, 11) is 0. The van der Waals surface area contributed by atoms with Gasteiger partial charge in [-0.15, -0.1) is 0 Å².